The van der Waals surface area contributed by atoms with Gasteiger partial charge in [-0.1, -0.05) is 28.1 Å². The van der Waals surface area contributed by atoms with Crippen LogP contribution in [0.5, 0.6) is 0 Å². The number of ether oxygens (including phenoxy) is 1. The highest BCUT2D eigenvalue weighted by atomic mass is 127. The third-order valence-electron chi connectivity index (χ3n) is 4.81. The molecule has 0 saturated carbocycles. The second-order valence-corrected chi connectivity index (χ2v) is 7.84. The number of hydrogen-bond donors (Lipinski definition) is 2. The van der Waals surface area contributed by atoms with E-state index in [2.05, 4.69) is 50.5 Å². The molecule has 0 bridgehead atoms. The van der Waals surface area contributed by atoms with Crippen molar-refractivity contribution in [2.75, 3.05) is 39.4 Å². The van der Waals surface area contributed by atoms with Crippen molar-refractivity contribution in [3.05, 3.63) is 58.5 Å². The fourth-order valence-electron chi connectivity index (χ4n) is 3.09. The quantitative estimate of drug-likeness (QED) is 0.285. The van der Waals surface area contributed by atoms with Crippen LogP contribution < -0.4 is 10.6 Å². The lowest BCUT2D eigenvalue weighted by molar-refractivity contribution is 0.0211. The molecule has 1 saturated heterocycles. The fraction of sp³-hybridized carbons (Fsp3) is 0.476. The van der Waals surface area contributed by atoms with Crippen LogP contribution in [0.3, 0.4) is 0 Å². The topological polar surface area (TPSA) is 62.0 Å². The first-order valence-corrected chi connectivity index (χ1v) is 10.6. The lowest BCUT2D eigenvalue weighted by Gasteiger charge is -2.32. The molecule has 1 aromatic heterocycles. The molecule has 1 unspecified atom stereocenters. The van der Waals surface area contributed by atoms with Gasteiger partial charge >= 0.3 is 0 Å². The molecule has 1 aliphatic rings. The number of halogens is 2. The van der Waals surface area contributed by atoms with Gasteiger partial charge in [0.05, 0.1) is 26.0 Å². The number of morpholine rings is 1. The van der Waals surface area contributed by atoms with Gasteiger partial charge in [0.25, 0.3) is 0 Å². The Morgan fingerprint density at radius 2 is 1.93 bits per heavy atom. The van der Waals surface area contributed by atoms with Gasteiger partial charge in [-0.15, -0.1) is 24.0 Å². The molecule has 2 heterocycles. The van der Waals surface area contributed by atoms with Crippen LogP contribution in [0.15, 0.2) is 56.5 Å². The van der Waals surface area contributed by atoms with Crippen LogP contribution in [0.25, 0.3) is 0 Å². The van der Waals surface area contributed by atoms with E-state index in [-0.39, 0.29) is 24.0 Å². The van der Waals surface area contributed by atoms with Crippen LogP contribution in [0.1, 0.15) is 18.2 Å². The summed E-state index contributed by atoms with van der Waals surface area (Å²) in [6.07, 6.45) is 2.53. The molecular weight excluding hydrogens is 547 g/mol. The molecular formula is C21H30BrIN4O2. The Labute approximate surface area is 198 Å². The van der Waals surface area contributed by atoms with E-state index in [1.165, 1.54) is 5.56 Å². The zero-order chi connectivity index (χ0) is 19.6. The minimum absolute atomic E-state index is 0. The molecule has 1 aromatic carbocycles. The molecule has 0 aliphatic carbocycles. The monoisotopic (exact) mass is 576 g/mol. The molecule has 1 fully saturated rings. The minimum Gasteiger partial charge on any atom is -0.469 e. The number of nitrogens with one attached hydrogen (secondary N) is 2. The van der Waals surface area contributed by atoms with Crippen LogP contribution in [-0.2, 0) is 17.7 Å². The number of hydrogen-bond acceptors (Lipinski definition) is 4. The third kappa shape index (κ3) is 8.65. The predicted molar refractivity (Wildman–Crippen MR) is 131 cm³/mol. The van der Waals surface area contributed by atoms with Crippen molar-refractivity contribution in [1.82, 2.24) is 15.5 Å². The van der Waals surface area contributed by atoms with Crippen LogP contribution >= 0.6 is 39.9 Å². The number of nitrogens with zero attached hydrogens (tertiary/aromatic N) is 2. The highest BCUT2D eigenvalue weighted by Gasteiger charge is 2.17. The normalized spacial score (nSPS) is 16.1. The summed E-state index contributed by atoms with van der Waals surface area (Å²) in [6.45, 7) is 8.09. The average Bonchev–Trinajstić information content (AvgIpc) is 3.25. The molecule has 1 atom stereocenters. The summed E-state index contributed by atoms with van der Waals surface area (Å²) >= 11 is 3.47. The number of aliphatic imine (C=N–C) groups is 1. The zero-order valence-electron chi connectivity index (χ0n) is 16.8. The van der Waals surface area contributed by atoms with E-state index in [1.54, 1.807) is 6.26 Å². The van der Waals surface area contributed by atoms with Gasteiger partial charge < -0.3 is 19.8 Å². The Kier molecular flexibility index (Phi) is 11.0. The maximum Gasteiger partial charge on any atom is 0.191 e. The first kappa shape index (κ1) is 24.2. The van der Waals surface area contributed by atoms with E-state index < -0.39 is 0 Å². The molecule has 2 aromatic rings. The SMILES string of the molecule is CC(CNC(=NCc1ccc(Br)cc1)NCCc1ccco1)N1CCOCC1.I. The van der Waals surface area contributed by atoms with Crippen LogP contribution in [0, 0.1) is 0 Å². The smallest absolute Gasteiger partial charge is 0.191 e. The summed E-state index contributed by atoms with van der Waals surface area (Å²) in [6, 6.07) is 12.6. The molecule has 29 heavy (non-hydrogen) atoms. The van der Waals surface area contributed by atoms with E-state index in [1.807, 2.05) is 24.3 Å². The van der Waals surface area contributed by atoms with Crippen LogP contribution in [0.4, 0.5) is 0 Å². The second kappa shape index (κ2) is 13.3. The molecule has 0 radical (unpaired) electrons. The van der Waals surface area contributed by atoms with Crippen molar-refractivity contribution < 1.29 is 9.15 Å². The van der Waals surface area contributed by atoms with Crippen molar-refractivity contribution in [1.29, 1.82) is 0 Å². The third-order valence-corrected chi connectivity index (χ3v) is 5.34. The Hall–Kier alpha value is -1.10. The summed E-state index contributed by atoms with van der Waals surface area (Å²) < 4.78 is 11.9. The van der Waals surface area contributed by atoms with E-state index in [0.717, 1.165) is 62.0 Å². The van der Waals surface area contributed by atoms with Crippen molar-refractivity contribution in [3.8, 4) is 0 Å². The summed E-state index contributed by atoms with van der Waals surface area (Å²) in [7, 11) is 0. The maximum absolute atomic E-state index is 5.45. The van der Waals surface area contributed by atoms with E-state index >= 15 is 0 Å². The number of guanidine groups is 1. The zero-order valence-corrected chi connectivity index (χ0v) is 20.7. The first-order chi connectivity index (χ1) is 13.7. The lowest BCUT2D eigenvalue weighted by Crippen LogP contribution is -2.49. The summed E-state index contributed by atoms with van der Waals surface area (Å²) in [5.74, 6) is 1.80. The fourth-order valence-corrected chi connectivity index (χ4v) is 3.35. The van der Waals surface area contributed by atoms with Crippen LogP contribution in [0.2, 0.25) is 0 Å². The Morgan fingerprint density at radius 1 is 1.17 bits per heavy atom. The molecule has 6 nitrogen and oxygen atoms in total. The molecule has 2 N–H and O–H groups in total. The molecule has 3 rings (SSSR count). The second-order valence-electron chi connectivity index (χ2n) is 6.93. The molecule has 1 aliphatic heterocycles. The Morgan fingerprint density at radius 3 is 2.62 bits per heavy atom. The van der Waals surface area contributed by atoms with Crippen molar-refractivity contribution in [2.24, 2.45) is 4.99 Å². The van der Waals surface area contributed by atoms with Gasteiger partial charge in [-0.05, 0) is 36.8 Å². The Bertz CT molecular complexity index is 719. The summed E-state index contributed by atoms with van der Waals surface area (Å²) in [5.41, 5.74) is 1.18. The van der Waals surface area contributed by atoms with Gasteiger partial charge in [0.2, 0.25) is 0 Å². The summed E-state index contributed by atoms with van der Waals surface area (Å²) in [4.78, 5) is 7.21. The standard InChI is InChI=1S/C21H29BrN4O2.HI/c1-17(26-10-13-27-14-11-26)15-24-21(23-9-8-20-3-2-12-28-20)25-16-18-4-6-19(22)7-5-18;/h2-7,12,17H,8-11,13-16H2,1H3,(H2,23,24,25);1H. The van der Waals surface area contributed by atoms with E-state index in [0.29, 0.717) is 12.6 Å². The summed E-state index contributed by atoms with van der Waals surface area (Å²) in [5, 5.41) is 6.92. The molecule has 8 heteroatoms. The van der Waals surface area contributed by atoms with Gasteiger partial charge in [0, 0.05) is 43.1 Å². The highest BCUT2D eigenvalue weighted by Crippen LogP contribution is 2.11. The highest BCUT2D eigenvalue weighted by molar-refractivity contribution is 14.0. The predicted octanol–water partition coefficient (Wildman–Crippen LogP) is 3.66. The largest absolute Gasteiger partial charge is 0.469 e. The van der Waals surface area contributed by atoms with E-state index in [9.17, 15) is 0 Å². The Balaban J connectivity index is 0.00000300. The van der Waals surface area contributed by atoms with Crippen molar-refractivity contribution >= 4 is 45.9 Å². The average molecular weight is 577 g/mol. The van der Waals surface area contributed by atoms with Crippen molar-refractivity contribution in [2.45, 2.75) is 25.9 Å². The van der Waals surface area contributed by atoms with Gasteiger partial charge in [-0.2, -0.15) is 0 Å². The molecule has 0 amide bonds. The van der Waals surface area contributed by atoms with Crippen LogP contribution in [-0.4, -0.2) is 56.3 Å². The molecule has 0 spiro atoms. The number of benzene rings is 1. The number of furan rings is 1. The lowest BCUT2D eigenvalue weighted by atomic mass is 10.2. The first-order valence-electron chi connectivity index (χ1n) is 9.81. The van der Waals surface area contributed by atoms with Gasteiger partial charge in [0.15, 0.2) is 5.96 Å². The number of rotatable bonds is 8. The van der Waals surface area contributed by atoms with E-state index in [4.69, 9.17) is 14.1 Å². The van der Waals surface area contributed by atoms with Gasteiger partial charge in [-0.3, -0.25) is 4.90 Å². The van der Waals surface area contributed by atoms with Crippen molar-refractivity contribution in [3.63, 3.8) is 0 Å². The van der Waals surface area contributed by atoms with Gasteiger partial charge in [-0.25, -0.2) is 4.99 Å². The molecule has 160 valence electrons. The van der Waals surface area contributed by atoms with Gasteiger partial charge in [0.1, 0.15) is 5.76 Å². The maximum atomic E-state index is 5.45. The minimum atomic E-state index is 0.